The molecule has 0 bridgehead atoms. The largest absolute Gasteiger partial charge is 0.296 e. The van der Waals surface area contributed by atoms with E-state index in [2.05, 4.69) is 314 Å². The summed E-state index contributed by atoms with van der Waals surface area (Å²) in [7, 11) is 0. The van der Waals surface area contributed by atoms with Crippen molar-refractivity contribution in [3.63, 3.8) is 0 Å². The van der Waals surface area contributed by atoms with Crippen LogP contribution in [0.1, 0.15) is 27.8 Å². The first kappa shape index (κ1) is 116. The summed E-state index contributed by atoms with van der Waals surface area (Å²) >= 11 is 0. The van der Waals surface area contributed by atoms with Gasteiger partial charge in [0.05, 0.1) is 44.1 Å². The molecule has 0 aliphatic heterocycles. The van der Waals surface area contributed by atoms with Crippen LogP contribution < -0.4 is 0 Å². The molecular formula is C133H94Ir8N8-8. The van der Waals surface area contributed by atoms with Crippen molar-refractivity contribution in [2.75, 3.05) is 0 Å². The van der Waals surface area contributed by atoms with Gasteiger partial charge in [0.2, 0.25) is 0 Å². The smallest absolute Gasteiger partial charge is 0.0597 e. The van der Waals surface area contributed by atoms with Gasteiger partial charge in [-0.25, -0.2) is 0 Å². The maximum atomic E-state index is 4.76. The fraction of sp³-hybridized carbons (Fsp3) is 0.0376. The first-order chi connectivity index (χ1) is 69.4. The Hall–Kier alpha value is -13.0. The Morgan fingerprint density at radius 2 is 0.483 bits per heavy atom. The number of aryl methyl sites for hydroxylation is 5. The Morgan fingerprint density at radius 1 is 0.154 bits per heavy atom. The number of pyridine rings is 8. The quantitative estimate of drug-likeness (QED) is 0.139. The van der Waals surface area contributed by atoms with Crippen molar-refractivity contribution in [1.29, 1.82) is 0 Å². The summed E-state index contributed by atoms with van der Waals surface area (Å²) in [5.74, 6) is 0. The predicted molar refractivity (Wildman–Crippen MR) is 587 cm³/mol. The van der Waals surface area contributed by atoms with Crippen molar-refractivity contribution < 1.29 is 161 Å². The fourth-order valence-corrected chi connectivity index (χ4v) is 16.8. The summed E-state index contributed by atoms with van der Waals surface area (Å²) in [5.41, 5.74) is 30.6. The van der Waals surface area contributed by atoms with E-state index in [1.54, 1.807) is 0 Å². The molecule has 18 aromatic carbocycles. The Kier molecular flexibility index (Phi) is 45.0. The third-order valence-corrected chi connectivity index (χ3v) is 24.1. The molecule has 746 valence electrons. The fourth-order valence-electron chi connectivity index (χ4n) is 16.8. The van der Waals surface area contributed by atoms with Crippen LogP contribution in [0.2, 0.25) is 0 Å². The zero-order chi connectivity index (χ0) is 95.8. The van der Waals surface area contributed by atoms with Crippen LogP contribution in [0.5, 0.6) is 0 Å². The van der Waals surface area contributed by atoms with Gasteiger partial charge in [-0.2, -0.15) is 0 Å². The first-order valence-corrected chi connectivity index (χ1v) is 47.0. The van der Waals surface area contributed by atoms with Gasteiger partial charge < -0.3 is 0 Å². The molecule has 0 unspecified atom stereocenters. The van der Waals surface area contributed by atoms with Crippen molar-refractivity contribution in [3.8, 4) is 90.1 Å². The Balaban J connectivity index is 0.000000161. The molecule has 8 aromatic heterocycles. The molecule has 0 spiro atoms. The number of fused-ring (bicyclic) bond motifs is 10. The maximum Gasteiger partial charge on any atom is 0.0597 e. The zero-order valence-corrected chi connectivity index (χ0v) is 101. The van der Waals surface area contributed by atoms with Crippen LogP contribution in [0.3, 0.4) is 0 Å². The summed E-state index contributed by atoms with van der Waals surface area (Å²) in [5, 5.41) is 14.3. The molecule has 0 fully saturated rings. The predicted octanol–water partition coefficient (Wildman–Crippen LogP) is 33.4. The van der Waals surface area contributed by atoms with Crippen LogP contribution in [-0.2, 0) is 161 Å². The van der Waals surface area contributed by atoms with Crippen molar-refractivity contribution in [3.05, 3.63) is 556 Å². The molecule has 0 N–H and O–H groups in total. The molecule has 0 aliphatic carbocycles. The van der Waals surface area contributed by atoms with Crippen LogP contribution in [0.25, 0.3) is 199 Å². The van der Waals surface area contributed by atoms with Crippen molar-refractivity contribution in [2.45, 2.75) is 34.6 Å². The number of hydrogen-bond donors (Lipinski definition) is 0. The third kappa shape index (κ3) is 30.2. The van der Waals surface area contributed by atoms with E-state index in [1.165, 1.54) is 81.7 Å². The number of nitrogens with zero attached hydrogens (tertiary/aromatic N) is 8. The molecule has 0 aliphatic rings. The molecule has 8 radical (unpaired) electrons. The molecule has 0 amide bonds. The summed E-state index contributed by atoms with van der Waals surface area (Å²) in [6, 6.07) is 187. The van der Waals surface area contributed by atoms with Crippen LogP contribution in [0.15, 0.2) is 479 Å². The molecule has 8 nitrogen and oxygen atoms in total. The normalized spacial score (nSPS) is 10.2. The molecule has 26 aromatic rings. The van der Waals surface area contributed by atoms with Crippen molar-refractivity contribution >= 4 is 109 Å². The van der Waals surface area contributed by atoms with Gasteiger partial charge in [0.25, 0.3) is 0 Å². The van der Waals surface area contributed by atoms with Gasteiger partial charge in [-0.1, -0.05) is 277 Å². The van der Waals surface area contributed by atoms with Crippen molar-refractivity contribution in [2.24, 2.45) is 0 Å². The molecule has 149 heavy (non-hydrogen) atoms. The number of hydrogen-bond acceptors (Lipinski definition) is 8. The molecular weight excluding hydrogens is 3250 g/mol. The Labute approximate surface area is 979 Å². The van der Waals surface area contributed by atoms with E-state index in [4.69, 9.17) is 15.0 Å². The number of aromatic nitrogens is 8. The maximum absolute atomic E-state index is 4.76. The summed E-state index contributed by atoms with van der Waals surface area (Å²) in [4.78, 5) is 37.5. The van der Waals surface area contributed by atoms with E-state index in [-0.39, 0.29) is 161 Å². The summed E-state index contributed by atoms with van der Waals surface area (Å²) in [6.07, 6.45) is 0. The van der Waals surface area contributed by atoms with E-state index in [0.29, 0.717) is 0 Å². The van der Waals surface area contributed by atoms with Crippen LogP contribution in [-0.4, -0.2) is 39.9 Å². The average Bonchev–Trinajstić information content (AvgIpc) is 0.793. The second-order valence-corrected chi connectivity index (χ2v) is 34.1. The van der Waals surface area contributed by atoms with E-state index in [0.717, 1.165) is 145 Å². The topological polar surface area (TPSA) is 103 Å². The molecule has 16 heteroatoms. The Morgan fingerprint density at radius 3 is 0.987 bits per heavy atom. The monoisotopic (exact) mass is 3350 g/mol. The van der Waals surface area contributed by atoms with Gasteiger partial charge in [0.15, 0.2) is 0 Å². The van der Waals surface area contributed by atoms with Crippen LogP contribution in [0, 0.1) is 83.1 Å². The Bertz CT molecular complexity index is 8680. The second-order valence-electron chi connectivity index (χ2n) is 34.1. The van der Waals surface area contributed by atoms with Crippen LogP contribution in [0.4, 0.5) is 0 Å². The summed E-state index contributed by atoms with van der Waals surface area (Å²) in [6.45, 7) is 10.5. The SMILES string of the molecule is Cc1cc(-c2[c-]cccc2)nc2ccccc12.Cc1cc2ccccc2nc1-c1[c-]cccc1.Cc1ccc2ccc(-c3[c-]cccc3)nc2c1.Cc1ccc2nc(-c3[c-]cccc3)ccc2c1.Cc1cccc2nc(-c3[c-]cccc3)ccc12.[Ir].[Ir].[Ir].[Ir].[Ir].[Ir].[Ir].[Ir].[c-]1cc2ccccc2cc1-c1ccc2ccccc2n1.[c-]1ccc2ccccc2c1-c1ccc2ccccc2n1.[c-]1ccccc1-c1ccc2ccccc2n1. The average molecular weight is 3340 g/mol. The number of benzene rings is 18. The standard InChI is InChI=1S/2C19H12N.5C16H12N.C15H10N.8Ir/c1-3-9-16-14(6-1)8-5-10-17(16)19-13-12-15-7-2-4-11-18(15)20-19;1-2-7-16-13-17(10-9-14(16)5-1)19-12-11-15-6-3-4-8-18(15)20-19;1-12-6-5-9-16-14(12)10-11-15(17-16)13-7-3-2-4-8-13;1-12-11-16(13-7-3-2-4-8-13)17-15-10-6-5-9-14(12)15;1-12-11-14-9-5-6-10-15(14)17-16(12)13-7-3-2-4-8-13;1-12-7-9-16-14(11-12)8-10-15(17-16)13-5-3-2-4-6-13;1-12-7-8-14-9-10-15(17-16(14)11-12)13-5-3-2-4-6-13;1-2-6-12(7-3-1)15-11-10-13-8-4-5-9-14(13)16-15;;;;;;;;/h2*1-9,11-13H;3*2-7,9-11H,1H3;2*2-5,7-11H,1H3;1-6,8-11H;;;;;;;;/q8*-1;;;;;;;;. The van der Waals surface area contributed by atoms with E-state index < -0.39 is 0 Å². The first-order valence-electron chi connectivity index (χ1n) is 47.0. The van der Waals surface area contributed by atoms with Gasteiger partial charge >= 0.3 is 0 Å². The van der Waals surface area contributed by atoms with Gasteiger partial charge in [-0.15, -0.1) is 274 Å². The molecule has 26 rings (SSSR count). The second kappa shape index (κ2) is 57.6. The van der Waals surface area contributed by atoms with Gasteiger partial charge in [-0.05, 0) is 184 Å². The minimum Gasteiger partial charge on any atom is -0.296 e. The molecule has 0 atom stereocenters. The molecule has 8 heterocycles. The zero-order valence-electron chi connectivity index (χ0n) is 81.4. The van der Waals surface area contributed by atoms with E-state index >= 15 is 0 Å². The van der Waals surface area contributed by atoms with Crippen molar-refractivity contribution in [1.82, 2.24) is 39.9 Å². The molecule has 0 saturated carbocycles. The van der Waals surface area contributed by atoms with Gasteiger partial charge in [0.1, 0.15) is 0 Å². The van der Waals surface area contributed by atoms with E-state index in [1.807, 2.05) is 273 Å². The summed E-state index contributed by atoms with van der Waals surface area (Å²) < 4.78 is 0. The van der Waals surface area contributed by atoms with E-state index in [9.17, 15) is 0 Å². The minimum atomic E-state index is 0. The van der Waals surface area contributed by atoms with Gasteiger partial charge in [-0.3, -0.25) is 39.9 Å². The van der Waals surface area contributed by atoms with Gasteiger partial charge in [0, 0.05) is 172 Å². The number of para-hydroxylation sites is 5. The number of rotatable bonds is 8. The third-order valence-electron chi connectivity index (χ3n) is 24.1. The van der Waals surface area contributed by atoms with Crippen LogP contribution >= 0.6 is 0 Å². The molecule has 0 saturated heterocycles. The minimum absolute atomic E-state index is 0.